The number of hydrogen-bond acceptors (Lipinski definition) is 0. The fraction of sp³-hybridized carbons (Fsp3) is 0. The van der Waals surface area contributed by atoms with Crippen molar-refractivity contribution in [1.82, 2.24) is 0 Å². The fourth-order valence-electron chi connectivity index (χ4n) is 2.18. The van der Waals surface area contributed by atoms with Gasteiger partial charge in [0.2, 0.25) is 0 Å². The Morgan fingerprint density at radius 3 is 0.900 bits per heavy atom. The summed E-state index contributed by atoms with van der Waals surface area (Å²) in [5.74, 6) is 0. The van der Waals surface area contributed by atoms with Crippen molar-refractivity contribution < 1.29 is 19.8 Å². The predicted octanol–water partition coefficient (Wildman–Crippen LogP) is 2.20. The summed E-state index contributed by atoms with van der Waals surface area (Å²) in [5, 5.41) is 0. The van der Waals surface area contributed by atoms with Crippen LogP contribution in [0.25, 0.3) is 0 Å². The van der Waals surface area contributed by atoms with Gasteiger partial charge >= 0.3 is 119 Å². The molecule has 0 saturated carbocycles. The molecule has 2 heteroatoms. The number of rotatable bonds is 3. The summed E-state index contributed by atoms with van der Waals surface area (Å²) in [6.07, 6.45) is 0. The quantitative estimate of drug-likeness (QED) is 0.488. The molecule has 0 atom stereocenters. The van der Waals surface area contributed by atoms with E-state index in [0.29, 0.717) is 0 Å². The average Bonchev–Trinajstić information content (AvgIpc) is 2.51. The van der Waals surface area contributed by atoms with Crippen LogP contribution in [-0.4, -0.2) is 14.7 Å². The van der Waals surface area contributed by atoms with Crippen LogP contribution >= 0.6 is 0 Å². The van der Waals surface area contributed by atoms with Crippen LogP contribution in [-0.2, 0) is 19.8 Å². The monoisotopic (exact) mass is 498 g/mol. The van der Waals surface area contributed by atoms with Crippen LogP contribution in [0.1, 0.15) is 0 Å². The first kappa shape index (κ1) is 15.2. The average molecular weight is 496 g/mol. The maximum absolute atomic E-state index is 2.26. The van der Waals surface area contributed by atoms with Crippen LogP contribution in [0, 0.1) is 0 Å². The van der Waals surface area contributed by atoms with E-state index in [1.165, 1.54) is 13.1 Å². The molecule has 0 aliphatic carbocycles. The van der Waals surface area contributed by atoms with E-state index in [2.05, 4.69) is 91.0 Å². The van der Waals surface area contributed by atoms with Gasteiger partial charge in [0.1, 0.15) is 0 Å². The van der Waals surface area contributed by atoms with E-state index < -0.39 is 14.7 Å². The Hall–Kier alpha value is -1.15. The molecular formula is C18H15AsOs. The standard InChI is InChI=1S/C18H15As.Os/c1-4-10-16(11-5-1)19(17-12-6-2-7-13-17)18-14-8-3-9-15-18;/h1-15H;. The maximum atomic E-state index is 2.26. The molecule has 20 heavy (non-hydrogen) atoms. The van der Waals surface area contributed by atoms with Crippen molar-refractivity contribution in [2.24, 2.45) is 0 Å². The van der Waals surface area contributed by atoms with E-state index in [1.807, 2.05) is 0 Å². The van der Waals surface area contributed by atoms with E-state index in [4.69, 9.17) is 0 Å². The van der Waals surface area contributed by atoms with Gasteiger partial charge < -0.3 is 0 Å². The Bertz CT molecular complexity index is 529. The van der Waals surface area contributed by atoms with Crippen molar-refractivity contribution >= 4 is 27.7 Å². The van der Waals surface area contributed by atoms with Crippen LogP contribution in [0.5, 0.6) is 0 Å². The summed E-state index contributed by atoms with van der Waals surface area (Å²) in [5.41, 5.74) is 0. The van der Waals surface area contributed by atoms with E-state index >= 15 is 0 Å². The molecule has 3 aromatic rings. The van der Waals surface area contributed by atoms with Gasteiger partial charge in [-0.15, -0.1) is 0 Å². The Morgan fingerprint density at radius 2 is 0.650 bits per heavy atom. The van der Waals surface area contributed by atoms with Gasteiger partial charge in [-0.25, -0.2) is 0 Å². The Labute approximate surface area is 138 Å². The first-order valence-corrected chi connectivity index (χ1v) is 9.22. The van der Waals surface area contributed by atoms with Crippen molar-refractivity contribution in [3.8, 4) is 0 Å². The van der Waals surface area contributed by atoms with Crippen molar-refractivity contribution in [1.29, 1.82) is 0 Å². The third-order valence-corrected chi connectivity index (χ3v) is 8.17. The molecular weight excluding hydrogens is 481 g/mol. The van der Waals surface area contributed by atoms with Crippen LogP contribution < -0.4 is 13.1 Å². The molecule has 0 saturated heterocycles. The summed E-state index contributed by atoms with van der Waals surface area (Å²) < 4.78 is 4.44. The Balaban J connectivity index is 0.00000147. The number of benzene rings is 3. The topological polar surface area (TPSA) is 0 Å². The Kier molecular flexibility index (Phi) is 5.78. The molecule has 0 aliphatic heterocycles. The van der Waals surface area contributed by atoms with Gasteiger partial charge in [0.25, 0.3) is 0 Å². The van der Waals surface area contributed by atoms with Crippen LogP contribution in [0.3, 0.4) is 0 Å². The second-order valence-corrected chi connectivity index (χ2v) is 9.00. The van der Waals surface area contributed by atoms with E-state index in [0.717, 1.165) is 0 Å². The molecule has 0 heterocycles. The summed E-state index contributed by atoms with van der Waals surface area (Å²) >= 11 is -1.39. The summed E-state index contributed by atoms with van der Waals surface area (Å²) in [6.45, 7) is 0. The van der Waals surface area contributed by atoms with Crippen molar-refractivity contribution in [3.63, 3.8) is 0 Å². The van der Waals surface area contributed by atoms with Crippen molar-refractivity contribution in [2.75, 3.05) is 0 Å². The summed E-state index contributed by atoms with van der Waals surface area (Å²) in [7, 11) is 0. The summed E-state index contributed by atoms with van der Waals surface area (Å²) in [4.78, 5) is 0. The van der Waals surface area contributed by atoms with Gasteiger partial charge in [-0.2, -0.15) is 0 Å². The normalized spacial score (nSPS) is 10.1. The molecule has 100 valence electrons. The third kappa shape index (κ3) is 3.49. The van der Waals surface area contributed by atoms with Crippen LogP contribution in [0.4, 0.5) is 0 Å². The number of hydrogen-bond donors (Lipinski definition) is 0. The first-order valence-electron chi connectivity index (χ1n) is 6.40. The predicted molar refractivity (Wildman–Crippen MR) is 84.0 cm³/mol. The van der Waals surface area contributed by atoms with Crippen molar-refractivity contribution in [2.45, 2.75) is 0 Å². The molecule has 0 nitrogen and oxygen atoms in total. The van der Waals surface area contributed by atoms with Crippen LogP contribution in [0.15, 0.2) is 91.0 Å². The molecule has 0 unspecified atom stereocenters. The minimum atomic E-state index is -1.39. The van der Waals surface area contributed by atoms with Gasteiger partial charge in [-0.05, 0) is 0 Å². The van der Waals surface area contributed by atoms with Crippen molar-refractivity contribution in [3.05, 3.63) is 91.0 Å². The molecule has 0 radical (unpaired) electrons. The zero-order chi connectivity index (χ0) is 12.9. The third-order valence-electron chi connectivity index (χ3n) is 3.04. The van der Waals surface area contributed by atoms with Gasteiger partial charge in [-0.1, -0.05) is 0 Å². The van der Waals surface area contributed by atoms with Gasteiger partial charge in [0.05, 0.1) is 0 Å². The molecule has 0 aromatic heterocycles. The molecule has 0 N–H and O–H groups in total. The SMILES string of the molecule is [Os].c1ccc([As](c2ccccc2)c2ccccc2)cc1. The Morgan fingerprint density at radius 1 is 0.400 bits per heavy atom. The summed E-state index contributed by atoms with van der Waals surface area (Å²) in [6, 6.07) is 32.7. The molecule has 0 amide bonds. The molecule has 0 bridgehead atoms. The fourth-order valence-corrected chi connectivity index (χ4v) is 7.02. The van der Waals surface area contributed by atoms with Crippen LogP contribution in [0.2, 0.25) is 0 Å². The zero-order valence-electron chi connectivity index (χ0n) is 11.0. The second kappa shape index (κ2) is 7.59. The molecule has 0 aliphatic rings. The van der Waals surface area contributed by atoms with E-state index in [-0.39, 0.29) is 19.8 Å². The molecule has 0 spiro atoms. The minimum absolute atomic E-state index is 0. The molecule has 0 fully saturated rings. The second-order valence-electron chi connectivity index (χ2n) is 4.34. The molecule has 3 rings (SSSR count). The van der Waals surface area contributed by atoms with Gasteiger partial charge in [0.15, 0.2) is 0 Å². The van der Waals surface area contributed by atoms with E-state index in [1.54, 1.807) is 0 Å². The first-order chi connectivity index (χ1) is 9.45. The zero-order valence-corrected chi connectivity index (χ0v) is 15.4. The van der Waals surface area contributed by atoms with Gasteiger partial charge in [0, 0.05) is 19.8 Å². The molecule has 3 aromatic carbocycles. The van der Waals surface area contributed by atoms with E-state index in [9.17, 15) is 0 Å². The van der Waals surface area contributed by atoms with Gasteiger partial charge in [-0.3, -0.25) is 0 Å².